The Labute approximate surface area is 146 Å². The molecule has 24 heavy (non-hydrogen) atoms. The first-order chi connectivity index (χ1) is 11.7. The highest BCUT2D eigenvalue weighted by Gasteiger charge is 2.39. The highest BCUT2D eigenvalue weighted by atomic mass is 35.5. The van der Waals surface area contributed by atoms with Crippen LogP contribution in [-0.2, 0) is 0 Å². The van der Waals surface area contributed by atoms with Crippen molar-refractivity contribution in [2.24, 2.45) is 5.92 Å². The molecule has 2 aromatic rings. The predicted octanol–water partition coefficient (Wildman–Crippen LogP) is 4.53. The third kappa shape index (κ3) is 2.40. The van der Waals surface area contributed by atoms with E-state index in [1.54, 1.807) is 7.05 Å². The molecular formula is C20H19ClN2O. The number of amides is 1. The molecule has 0 spiro atoms. The van der Waals surface area contributed by atoms with E-state index in [0.29, 0.717) is 17.4 Å². The molecule has 122 valence electrons. The Morgan fingerprint density at radius 2 is 2.08 bits per heavy atom. The lowest BCUT2D eigenvalue weighted by Gasteiger charge is -2.38. The fourth-order valence-electron chi connectivity index (χ4n) is 3.98. The minimum absolute atomic E-state index is 0.0652. The topological polar surface area (TPSA) is 41.1 Å². The van der Waals surface area contributed by atoms with Gasteiger partial charge in [0, 0.05) is 18.0 Å². The molecule has 0 saturated heterocycles. The van der Waals surface area contributed by atoms with Crippen LogP contribution in [0.5, 0.6) is 0 Å². The molecule has 1 amide bonds. The number of nitrogens with one attached hydrogen (secondary N) is 2. The zero-order valence-electron chi connectivity index (χ0n) is 13.4. The van der Waals surface area contributed by atoms with Crippen molar-refractivity contribution in [1.29, 1.82) is 0 Å². The van der Waals surface area contributed by atoms with Crippen LogP contribution in [0.25, 0.3) is 0 Å². The summed E-state index contributed by atoms with van der Waals surface area (Å²) in [5, 5.41) is 7.11. The van der Waals surface area contributed by atoms with E-state index in [-0.39, 0.29) is 11.9 Å². The molecule has 2 N–H and O–H groups in total. The Morgan fingerprint density at radius 3 is 2.88 bits per heavy atom. The molecule has 0 saturated carbocycles. The summed E-state index contributed by atoms with van der Waals surface area (Å²) in [5.41, 5.74) is 4.00. The SMILES string of the molecule is CNC(=O)c1cccc2c1NC(c1cccc(Cl)c1)C1CC=CC21. The summed E-state index contributed by atoms with van der Waals surface area (Å²) in [6.45, 7) is 0. The second kappa shape index (κ2) is 5.99. The average Bonchev–Trinajstić information content (AvgIpc) is 3.09. The first-order valence-electron chi connectivity index (χ1n) is 8.22. The Hall–Kier alpha value is -2.26. The molecule has 0 fully saturated rings. The number of para-hydroxylation sites is 1. The molecule has 0 bridgehead atoms. The van der Waals surface area contributed by atoms with Gasteiger partial charge in [-0.15, -0.1) is 0 Å². The van der Waals surface area contributed by atoms with Crippen LogP contribution < -0.4 is 10.6 Å². The Balaban J connectivity index is 1.84. The average molecular weight is 339 g/mol. The van der Waals surface area contributed by atoms with Crippen LogP contribution in [0.1, 0.15) is 39.9 Å². The molecule has 4 rings (SSSR count). The monoisotopic (exact) mass is 338 g/mol. The molecule has 1 aliphatic carbocycles. The van der Waals surface area contributed by atoms with Gasteiger partial charge in [0.25, 0.3) is 5.91 Å². The predicted molar refractivity (Wildman–Crippen MR) is 97.6 cm³/mol. The van der Waals surface area contributed by atoms with E-state index in [4.69, 9.17) is 11.6 Å². The maximum Gasteiger partial charge on any atom is 0.253 e. The van der Waals surface area contributed by atoms with Gasteiger partial charge in [-0.05, 0) is 41.7 Å². The van der Waals surface area contributed by atoms with Gasteiger partial charge in [0.2, 0.25) is 0 Å². The lowest BCUT2D eigenvalue weighted by molar-refractivity contribution is 0.0963. The van der Waals surface area contributed by atoms with E-state index in [2.05, 4.69) is 34.9 Å². The number of carbonyl (C=O) groups excluding carboxylic acids is 1. The normalized spacial score (nSPS) is 24.0. The second-order valence-corrected chi connectivity index (χ2v) is 6.82. The lowest BCUT2D eigenvalue weighted by atomic mass is 9.76. The number of fused-ring (bicyclic) bond motifs is 3. The first kappa shape index (κ1) is 15.3. The van der Waals surface area contributed by atoms with Crippen LogP contribution in [0.2, 0.25) is 5.02 Å². The van der Waals surface area contributed by atoms with Crippen molar-refractivity contribution in [3.05, 3.63) is 76.3 Å². The zero-order valence-corrected chi connectivity index (χ0v) is 14.2. The van der Waals surface area contributed by atoms with Gasteiger partial charge < -0.3 is 10.6 Å². The third-order valence-electron chi connectivity index (χ3n) is 5.08. The number of hydrogen-bond acceptors (Lipinski definition) is 2. The van der Waals surface area contributed by atoms with Gasteiger partial charge in [-0.2, -0.15) is 0 Å². The van der Waals surface area contributed by atoms with E-state index in [9.17, 15) is 4.79 Å². The zero-order chi connectivity index (χ0) is 16.7. The number of hydrogen-bond donors (Lipinski definition) is 2. The van der Waals surface area contributed by atoms with E-state index >= 15 is 0 Å². The summed E-state index contributed by atoms with van der Waals surface area (Å²) < 4.78 is 0. The van der Waals surface area contributed by atoms with Crippen molar-refractivity contribution < 1.29 is 4.79 Å². The summed E-state index contributed by atoms with van der Waals surface area (Å²) in [7, 11) is 1.66. The Bertz CT molecular complexity index is 830. The lowest BCUT2D eigenvalue weighted by Crippen LogP contribution is -2.31. The smallest absolute Gasteiger partial charge is 0.253 e. The summed E-state index contributed by atoms with van der Waals surface area (Å²) in [4.78, 5) is 12.3. The van der Waals surface area contributed by atoms with Gasteiger partial charge >= 0.3 is 0 Å². The largest absolute Gasteiger partial charge is 0.377 e. The van der Waals surface area contributed by atoms with E-state index < -0.39 is 0 Å². The van der Waals surface area contributed by atoms with Crippen molar-refractivity contribution in [2.75, 3.05) is 12.4 Å². The number of rotatable bonds is 2. The van der Waals surface area contributed by atoms with Crippen LogP contribution >= 0.6 is 11.6 Å². The number of allylic oxidation sites excluding steroid dienone is 2. The summed E-state index contributed by atoms with van der Waals surface area (Å²) in [6.07, 6.45) is 5.55. The molecule has 0 radical (unpaired) electrons. The van der Waals surface area contributed by atoms with Crippen molar-refractivity contribution in [2.45, 2.75) is 18.4 Å². The minimum Gasteiger partial charge on any atom is -0.377 e. The van der Waals surface area contributed by atoms with Crippen molar-refractivity contribution in [3.63, 3.8) is 0 Å². The molecule has 3 unspecified atom stereocenters. The van der Waals surface area contributed by atoms with Crippen LogP contribution in [0.4, 0.5) is 5.69 Å². The van der Waals surface area contributed by atoms with E-state index in [1.165, 1.54) is 11.1 Å². The van der Waals surface area contributed by atoms with E-state index in [1.807, 2.05) is 30.3 Å². The summed E-state index contributed by atoms with van der Waals surface area (Å²) >= 11 is 6.20. The molecule has 2 aliphatic rings. The number of anilines is 1. The molecule has 1 aliphatic heterocycles. The van der Waals surface area contributed by atoms with Gasteiger partial charge in [-0.25, -0.2) is 0 Å². The maximum absolute atomic E-state index is 12.3. The van der Waals surface area contributed by atoms with Crippen molar-refractivity contribution >= 4 is 23.2 Å². The third-order valence-corrected chi connectivity index (χ3v) is 5.31. The highest BCUT2D eigenvalue weighted by Crippen LogP contribution is 2.50. The fourth-order valence-corrected chi connectivity index (χ4v) is 4.17. The number of carbonyl (C=O) groups is 1. The fraction of sp³-hybridized carbons (Fsp3) is 0.250. The van der Waals surface area contributed by atoms with E-state index in [0.717, 1.165) is 17.1 Å². The van der Waals surface area contributed by atoms with Gasteiger partial charge in [0.05, 0.1) is 17.3 Å². The molecule has 3 nitrogen and oxygen atoms in total. The standard InChI is InChI=1S/C20H19ClN2O/c1-22-20(24)17-10-4-9-16-14-7-3-8-15(14)18(23-19(16)17)12-5-2-6-13(21)11-12/h2-7,9-11,14-15,18,23H,8H2,1H3,(H,22,24). The second-order valence-electron chi connectivity index (χ2n) is 6.38. The van der Waals surface area contributed by atoms with Crippen molar-refractivity contribution in [3.8, 4) is 0 Å². The van der Waals surface area contributed by atoms with Crippen LogP contribution in [0.3, 0.4) is 0 Å². The van der Waals surface area contributed by atoms with Crippen LogP contribution in [0.15, 0.2) is 54.6 Å². The quantitative estimate of drug-likeness (QED) is 0.790. The van der Waals surface area contributed by atoms with Gasteiger partial charge in [-0.3, -0.25) is 4.79 Å². The molecule has 4 heteroatoms. The molecule has 0 aromatic heterocycles. The van der Waals surface area contributed by atoms with Gasteiger partial charge in [0.15, 0.2) is 0 Å². The molecule has 1 heterocycles. The molecule has 3 atom stereocenters. The Morgan fingerprint density at radius 1 is 1.25 bits per heavy atom. The van der Waals surface area contributed by atoms with Crippen LogP contribution in [0, 0.1) is 5.92 Å². The maximum atomic E-state index is 12.3. The van der Waals surface area contributed by atoms with Gasteiger partial charge in [-0.1, -0.05) is 48.0 Å². The van der Waals surface area contributed by atoms with Crippen molar-refractivity contribution in [1.82, 2.24) is 5.32 Å². The summed E-state index contributed by atoms with van der Waals surface area (Å²) in [5.74, 6) is 0.704. The van der Waals surface area contributed by atoms with Gasteiger partial charge in [0.1, 0.15) is 0 Å². The summed E-state index contributed by atoms with van der Waals surface area (Å²) in [6, 6.07) is 14.1. The van der Waals surface area contributed by atoms with Crippen LogP contribution in [-0.4, -0.2) is 13.0 Å². The number of halogens is 1. The number of benzene rings is 2. The minimum atomic E-state index is -0.0652. The molecule has 2 aromatic carbocycles. The highest BCUT2D eigenvalue weighted by molar-refractivity contribution is 6.30. The molecular weight excluding hydrogens is 320 g/mol. The Kier molecular flexibility index (Phi) is 3.81. The first-order valence-corrected chi connectivity index (χ1v) is 8.60.